The Morgan fingerprint density at radius 3 is 2.62 bits per heavy atom. The molecule has 7 nitrogen and oxygen atoms in total. The molecule has 0 unspecified atom stereocenters. The highest BCUT2D eigenvalue weighted by atomic mass is 16.5. The molecule has 0 aliphatic heterocycles. The summed E-state index contributed by atoms with van der Waals surface area (Å²) in [6.07, 6.45) is 1.68. The minimum Gasteiger partial charge on any atom is -0.480 e. The Kier molecular flexibility index (Phi) is 4.92. The number of aromatic nitrogens is 1. The van der Waals surface area contributed by atoms with E-state index in [0.29, 0.717) is 5.76 Å². The van der Waals surface area contributed by atoms with E-state index in [1.54, 1.807) is 6.07 Å². The van der Waals surface area contributed by atoms with Crippen LogP contribution in [0.3, 0.4) is 0 Å². The monoisotopic (exact) mass is 289 g/mol. The molecule has 0 radical (unpaired) electrons. The van der Waals surface area contributed by atoms with Crippen LogP contribution in [0.25, 0.3) is 0 Å². The molecule has 21 heavy (non-hydrogen) atoms. The number of carboxylic acids is 1. The van der Waals surface area contributed by atoms with E-state index in [1.807, 2.05) is 30.3 Å². The normalized spacial score (nSPS) is 11.6. The third kappa shape index (κ3) is 4.64. The number of carbonyl (C=O) groups excluding carboxylic acids is 1. The van der Waals surface area contributed by atoms with Gasteiger partial charge in [-0.3, -0.25) is 0 Å². The van der Waals surface area contributed by atoms with E-state index >= 15 is 0 Å². The van der Waals surface area contributed by atoms with Gasteiger partial charge in [0.25, 0.3) is 0 Å². The van der Waals surface area contributed by atoms with Crippen LogP contribution in [0, 0.1) is 0 Å². The second-order valence-corrected chi connectivity index (χ2v) is 4.39. The summed E-state index contributed by atoms with van der Waals surface area (Å²) in [5.41, 5.74) is 0.834. The average Bonchev–Trinajstić information content (AvgIpc) is 2.99. The Balaban J connectivity index is 1.87. The van der Waals surface area contributed by atoms with Crippen LogP contribution in [0.15, 0.2) is 47.1 Å². The van der Waals surface area contributed by atoms with Crippen LogP contribution < -0.4 is 10.6 Å². The number of hydrogen-bond donors (Lipinski definition) is 3. The molecule has 3 N–H and O–H groups in total. The number of benzene rings is 1. The first kappa shape index (κ1) is 14.6. The molecule has 0 spiro atoms. The van der Waals surface area contributed by atoms with Crippen molar-refractivity contribution in [2.75, 3.05) is 0 Å². The zero-order valence-corrected chi connectivity index (χ0v) is 11.2. The molecular weight excluding hydrogens is 274 g/mol. The fraction of sp³-hybridized carbons (Fsp3) is 0.214. The summed E-state index contributed by atoms with van der Waals surface area (Å²) in [6.45, 7) is 0.142. The lowest BCUT2D eigenvalue weighted by molar-refractivity contribution is -0.139. The van der Waals surface area contributed by atoms with Crippen LogP contribution >= 0.6 is 0 Å². The van der Waals surface area contributed by atoms with Gasteiger partial charge in [-0.1, -0.05) is 35.5 Å². The summed E-state index contributed by atoms with van der Waals surface area (Å²) in [6, 6.07) is 9.14. The smallest absolute Gasteiger partial charge is 0.326 e. The van der Waals surface area contributed by atoms with Crippen LogP contribution in [0.2, 0.25) is 0 Å². The molecular formula is C14H15N3O4. The average molecular weight is 289 g/mol. The zero-order chi connectivity index (χ0) is 15.1. The van der Waals surface area contributed by atoms with Crippen molar-refractivity contribution in [3.8, 4) is 0 Å². The van der Waals surface area contributed by atoms with Gasteiger partial charge in [-0.05, 0) is 5.56 Å². The van der Waals surface area contributed by atoms with E-state index in [9.17, 15) is 9.59 Å². The fourth-order valence-electron chi connectivity index (χ4n) is 1.76. The highest BCUT2D eigenvalue weighted by molar-refractivity contribution is 5.82. The molecule has 0 saturated heterocycles. The number of nitrogens with one attached hydrogen (secondary N) is 2. The zero-order valence-electron chi connectivity index (χ0n) is 11.2. The number of aliphatic carboxylic acids is 1. The molecule has 1 aromatic heterocycles. The van der Waals surface area contributed by atoms with Crippen LogP contribution in [0.1, 0.15) is 11.3 Å². The van der Waals surface area contributed by atoms with Crippen molar-refractivity contribution in [3.05, 3.63) is 53.9 Å². The number of amides is 2. The third-order valence-electron chi connectivity index (χ3n) is 2.80. The van der Waals surface area contributed by atoms with E-state index in [4.69, 9.17) is 9.63 Å². The van der Waals surface area contributed by atoms with Crippen LogP contribution in [0.4, 0.5) is 4.79 Å². The molecule has 2 rings (SSSR count). The van der Waals surface area contributed by atoms with Gasteiger partial charge in [-0.15, -0.1) is 0 Å². The van der Waals surface area contributed by atoms with Crippen molar-refractivity contribution in [1.82, 2.24) is 15.8 Å². The summed E-state index contributed by atoms with van der Waals surface area (Å²) >= 11 is 0. The topological polar surface area (TPSA) is 104 Å². The van der Waals surface area contributed by atoms with E-state index in [1.165, 1.54) is 6.20 Å². The summed E-state index contributed by atoms with van der Waals surface area (Å²) in [5, 5.41) is 17.6. The Hall–Kier alpha value is -2.83. The van der Waals surface area contributed by atoms with Crippen molar-refractivity contribution in [3.63, 3.8) is 0 Å². The lowest BCUT2D eigenvalue weighted by atomic mass is 10.1. The Bertz CT molecular complexity index is 584. The molecule has 1 heterocycles. The minimum atomic E-state index is -1.09. The standard InChI is InChI=1S/C14H15N3O4/c18-13(19)12(8-10-4-2-1-3-5-10)17-14(20)15-9-11-6-7-16-21-11/h1-7,12H,8-9H2,(H,18,19)(H2,15,17,20)/t12-/m0/s1. The van der Waals surface area contributed by atoms with Crippen LogP contribution in [-0.2, 0) is 17.8 Å². The van der Waals surface area contributed by atoms with Crippen LogP contribution in [-0.4, -0.2) is 28.3 Å². The SMILES string of the molecule is O=C(NCc1ccno1)N[C@@H](Cc1ccccc1)C(=O)O. The second-order valence-electron chi connectivity index (χ2n) is 4.39. The highest BCUT2D eigenvalue weighted by Crippen LogP contribution is 2.03. The predicted molar refractivity (Wildman–Crippen MR) is 73.4 cm³/mol. The van der Waals surface area contributed by atoms with Gasteiger partial charge in [-0.25, -0.2) is 9.59 Å². The number of hydrogen-bond acceptors (Lipinski definition) is 4. The Morgan fingerprint density at radius 1 is 1.24 bits per heavy atom. The predicted octanol–water partition coefficient (Wildman–Crippen LogP) is 1.17. The molecule has 0 aliphatic carbocycles. The molecule has 0 fully saturated rings. The molecule has 0 aliphatic rings. The molecule has 0 saturated carbocycles. The Labute approximate surface area is 120 Å². The van der Waals surface area contributed by atoms with Crippen molar-refractivity contribution in [2.24, 2.45) is 0 Å². The van der Waals surface area contributed by atoms with E-state index in [-0.39, 0.29) is 13.0 Å². The maximum atomic E-state index is 11.7. The van der Waals surface area contributed by atoms with Gasteiger partial charge in [0.05, 0.1) is 12.7 Å². The lowest BCUT2D eigenvalue weighted by Crippen LogP contribution is -2.46. The van der Waals surface area contributed by atoms with Crippen molar-refractivity contribution >= 4 is 12.0 Å². The molecule has 2 aromatic rings. The largest absolute Gasteiger partial charge is 0.480 e. The van der Waals surface area contributed by atoms with E-state index in [0.717, 1.165) is 5.56 Å². The molecule has 110 valence electrons. The minimum absolute atomic E-state index is 0.142. The summed E-state index contributed by atoms with van der Waals surface area (Å²) in [4.78, 5) is 22.9. The van der Waals surface area contributed by atoms with Gasteiger partial charge in [0.2, 0.25) is 0 Å². The maximum Gasteiger partial charge on any atom is 0.326 e. The van der Waals surface area contributed by atoms with Gasteiger partial charge in [-0.2, -0.15) is 0 Å². The first-order chi connectivity index (χ1) is 10.1. The summed E-state index contributed by atoms with van der Waals surface area (Å²) in [7, 11) is 0. The van der Waals surface area contributed by atoms with Gasteiger partial charge in [0.15, 0.2) is 5.76 Å². The van der Waals surface area contributed by atoms with E-state index in [2.05, 4.69) is 15.8 Å². The van der Waals surface area contributed by atoms with Crippen LogP contribution in [0.5, 0.6) is 0 Å². The number of carboxylic acid groups (broad SMARTS) is 1. The fourth-order valence-corrected chi connectivity index (χ4v) is 1.76. The number of rotatable bonds is 6. The van der Waals surface area contributed by atoms with Crippen molar-refractivity contribution < 1.29 is 19.2 Å². The second kappa shape index (κ2) is 7.09. The van der Waals surface area contributed by atoms with Gasteiger partial charge in [0.1, 0.15) is 6.04 Å². The summed E-state index contributed by atoms with van der Waals surface area (Å²) in [5.74, 6) is -0.603. The summed E-state index contributed by atoms with van der Waals surface area (Å²) < 4.78 is 4.82. The third-order valence-corrected chi connectivity index (χ3v) is 2.80. The van der Waals surface area contributed by atoms with Crippen molar-refractivity contribution in [2.45, 2.75) is 19.0 Å². The van der Waals surface area contributed by atoms with Gasteiger partial charge in [0, 0.05) is 12.5 Å². The van der Waals surface area contributed by atoms with Gasteiger partial charge >= 0.3 is 12.0 Å². The molecule has 2 amide bonds. The van der Waals surface area contributed by atoms with E-state index < -0.39 is 18.0 Å². The quantitative estimate of drug-likeness (QED) is 0.740. The molecule has 7 heteroatoms. The van der Waals surface area contributed by atoms with Crippen molar-refractivity contribution in [1.29, 1.82) is 0 Å². The van der Waals surface area contributed by atoms with Gasteiger partial charge < -0.3 is 20.3 Å². The first-order valence-corrected chi connectivity index (χ1v) is 6.36. The lowest BCUT2D eigenvalue weighted by Gasteiger charge is -2.14. The molecule has 1 aromatic carbocycles. The highest BCUT2D eigenvalue weighted by Gasteiger charge is 2.20. The molecule has 1 atom stereocenters. The molecule has 0 bridgehead atoms. The number of nitrogens with zero attached hydrogens (tertiary/aromatic N) is 1. The number of carbonyl (C=O) groups is 2. The number of urea groups is 1. The first-order valence-electron chi connectivity index (χ1n) is 6.36. The Morgan fingerprint density at radius 2 is 2.00 bits per heavy atom. The maximum absolute atomic E-state index is 11.7.